The van der Waals surface area contributed by atoms with E-state index in [-0.39, 0.29) is 12.4 Å². The Morgan fingerprint density at radius 3 is 2.82 bits per heavy atom. The molecule has 2 aliphatic heterocycles. The predicted molar refractivity (Wildman–Crippen MR) is 112 cm³/mol. The van der Waals surface area contributed by atoms with Gasteiger partial charge in [-0.05, 0) is 44.1 Å². The lowest BCUT2D eigenvalue weighted by atomic mass is 9.95. The van der Waals surface area contributed by atoms with E-state index in [4.69, 9.17) is 16.6 Å². The van der Waals surface area contributed by atoms with Crippen molar-refractivity contribution < 1.29 is 0 Å². The highest BCUT2D eigenvalue weighted by Crippen LogP contribution is 2.29. The summed E-state index contributed by atoms with van der Waals surface area (Å²) in [5.41, 5.74) is 2.10. The Morgan fingerprint density at radius 1 is 1.18 bits per heavy atom. The van der Waals surface area contributed by atoms with Gasteiger partial charge in [0.1, 0.15) is 17.5 Å². The van der Waals surface area contributed by atoms with Crippen LogP contribution in [0, 0.1) is 0 Å². The second-order valence-electron chi connectivity index (χ2n) is 7.57. The first-order chi connectivity index (χ1) is 13.2. The third kappa shape index (κ3) is 3.52. The van der Waals surface area contributed by atoms with Crippen LogP contribution in [0.5, 0.6) is 0 Å². The second-order valence-corrected chi connectivity index (χ2v) is 8.01. The maximum Gasteiger partial charge on any atom is 0.147 e. The lowest BCUT2D eigenvalue weighted by Crippen LogP contribution is -2.35. The van der Waals surface area contributed by atoms with Gasteiger partial charge in [-0.3, -0.25) is 4.90 Å². The molecule has 1 N–H and O–H groups in total. The van der Waals surface area contributed by atoms with Gasteiger partial charge in [0.2, 0.25) is 0 Å². The van der Waals surface area contributed by atoms with Crippen LogP contribution in [0.2, 0.25) is 5.02 Å². The maximum atomic E-state index is 6.14. The summed E-state index contributed by atoms with van der Waals surface area (Å²) in [4.78, 5) is 7.30. The summed E-state index contributed by atoms with van der Waals surface area (Å²) >= 11 is 6.14. The van der Waals surface area contributed by atoms with Crippen molar-refractivity contribution in [1.82, 2.24) is 34.5 Å². The number of aromatic nitrogens is 5. The van der Waals surface area contributed by atoms with Gasteiger partial charge in [0, 0.05) is 31.1 Å². The molecular formula is C19H25Cl2N7. The number of fused-ring (bicyclic) bond motifs is 2. The van der Waals surface area contributed by atoms with Crippen molar-refractivity contribution in [3.63, 3.8) is 0 Å². The van der Waals surface area contributed by atoms with Crippen LogP contribution in [0.15, 0.2) is 18.2 Å². The normalized spacial score (nSPS) is 18.2. The number of benzene rings is 1. The van der Waals surface area contributed by atoms with Crippen LogP contribution in [0.3, 0.4) is 0 Å². The molecule has 0 atom stereocenters. The molecule has 1 aromatic carbocycles. The van der Waals surface area contributed by atoms with Crippen LogP contribution in [0.25, 0.3) is 11.0 Å². The molecule has 5 rings (SSSR count). The molecule has 0 aliphatic carbocycles. The Hall–Kier alpha value is -1.67. The topological polar surface area (TPSA) is 63.8 Å². The first-order valence-corrected chi connectivity index (χ1v) is 10.0. The van der Waals surface area contributed by atoms with Gasteiger partial charge in [-0.1, -0.05) is 11.6 Å². The smallest absolute Gasteiger partial charge is 0.147 e. The molecule has 28 heavy (non-hydrogen) atoms. The second kappa shape index (κ2) is 7.99. The molecule has 1 saturated heterocycles. The van der Waals surface area contributed by atoms with Crippen molar-refractivity contribution in [2.24, 2.45) is 7.05 Å². The van der Waals surface area contributed by atoms with E-state index in [1.54, 1.807) is 0 Å². The maximum absolute atomic E-state index is 6.14. The fourth-order valence-electron chi connectivity index (χ4n) is 4.32. The van der Waals surface area contributed by atoms with E-state index in [2.05, 4.69) is 36.6 Å². The number of piperidine rings is 1. The number of nitrogens with one attached hydrogen (secondary N) is 1. The lowest BCUT2D eigenvalue weighted by Gasteiger charge is -2.31. The molecule has 0 bridgehead atoms. The summed E-state index contributed by atoms with van der Waals surface area (Å²) in [6.07, 6.45) is 2.25. The van der Waals surface area contributed by atoms with E-state index in [0.717, 1.165) is 79.8 Å². The summed E-state index contributed by atoms with van der Waals surface area (Å²) in [6, 6.07) is 5.89. The summed E-state index contributed by atoms with van der Waals surface area (Å²) in [6.45, 7) is 5.83. The van der Waals surface area contributed by atoms with Crippen molar-refractivity contribution in [3.05, 3.63) is 40.7 Å². The van der Waals surface area contributed by atoms with Gasteiger partial charge in [-0.15, -0.1) is 22.6 Å². The van der Waals surface area contributed by atoms with E-state index in [0.29, 0.717) is 5.92 Å². The monoisotopic (exact) mass is 421 g/mol. The first-order valence-electron chi connectivity index (χ1n) is 9.65. The molecule has 2 aromatic heterocycles. The molecule has 0 saturated carbocycles. The van der Waals surface area contributed by atoms with E-state index >= 15 is 0 Å². The Bertz CT molecular complexity index is 972. The van der Waals surface area contributed by atoms with Crippen molar-refractivity contribution in [2.75, 3.05) is 19.6 Å². The molecule has 150 valence electrons. The van der Waals surface area contributed by atoms with Crippen LogP contribution >= 0.6 is 24.0 Å². The zero-order chi connectivity index (χ0) is 18.4. The standard InChI is InChI=1S/C19H24ClN7.ClH/c1-25-16-10-14(20)2-3-15(16)22-18(25)12-26-7-4-13(5-8-26)19-24-23-17-11-21-6-9-27(17)19;/h2-3,10,13,21H,4-9,11-12H2,1H3;1H. The van der Waals surface area contributed by atoms with E-state index < -0.39 is 0 Å². The minimum Gasteiger partial charge on any atom is -0.330 e. The molecule has 0 unspecified atom stereocenters. The Kier molecular flexibility index (Phi) is 5.60. The predicted octanol–water partition coefficient (Wildman–Crippen LogP) is 2.72. The lowest BCUT2D eigenvalue weighted by molar-refractivity contribution is 0.194. The Labute approximate surface area is 175 Å². The average Bonchev–Trinajstić information content (AvgIpc) is 3.25. The first kappa shape index (κ1) is 19.6. The summed E-state index contributed by atoms with van der Waals surface area (Å²) in [5, 5.41) is 13.0. The van der Waals surface area contributed by atoms with Gasteiger partial charge in [0.25, 0.3) is 0 Å². The quantitative estimate of drug-likeness (QED) is 0.703. The highest BCUT2D eigenvalue weighted by atomic mass is 35.5. The number of imidazole rings is 1. The minimum atomic E-state index is 0. The third-order valence-corrected chi connectivity index (χ3v) is 6.14. The Morgan fingerprint density at radius 2 is 2.00 bits per heavy atom. The highest BCUT2D eigenvalue weighted by molar-refractivity contribution is 6.31. The minimum absolute atomic E-state index is 0. The van der Waals surface area contributed by atoms with Crippen molar-refractivity contribution in [2.45, 2.75) is 38.4 Å². The van der Waals surface area contributed by atoms with Gasteiger partial charge in [-0.25, -0.2) is 4.98 Å². The third-order valence-electron chi connectivity index (χ3n) is 5.90. The zero-order valence-corrected chi connectivity index (χ0v) is 17.5. The number of aryl methyl sites for hydroxylation is 1. The molecule has 9 heteroatoms. The van der Waals surface area contributed by atoms with Crippen LogP contribution in [0.1, 0.15) is 36.2 Å². The number of hydrogen-bond acceptors (Lipinski definition) is 5. The highest BCUT2D eigenvalue weighted by Gasteiger charge is 2.27. The van der Waals surface area contributed by atoms with E-state index in [1.165, 1.54) is 5.82 Å². The molecule has 0 radical (unpaired) electrons. The van der Waals surface area contributed by atoms with Crippen molar-refractivity contribution in [3.8, 4) is 0 Å². The molecule has 1 fully saturated rings. The number of nitrogens with zero attached hydrogens (tertiary/aromatic N) is 6. The molecule has 2 aliphatic rings. The number of likely N-dealkylation sites (tertiary alicyclic amines) is 1. The molecule has 0 amide bonds. The van der Waals surface area contributed by atoms with Gasteiger partial charge in [-0.2, -0.15) is 0 Å². The van der Waals surface area contributed by atoms with Gasteiger partial charge >= 0.3 is 0 Å². The van der Waals surface area contributed by atoms with Crippen molar-refractivity contribution in [1.29, 1.82) is 0 Å². The van der Waals surface area contributed by atoms with Crippen LogP contribution < -0.4 is 5.32 Å². The number of halogens is 2. The van der Waals surface area contributed by atoms with Crippen molar-refractivity contribution >= 4 is 35.0 Å². The molecular weight excluding hydrogens is 397 g/mol. The van der Waals surface area contributed by atoms with Gasteiger partial charge < -0.3 is 14.5 Å². The zero-order valence-electron chi connectivity index (χ0n) is 15.9. The number of rotatable bonds is 3. The summed E-state index contributed by atoms with van der Waals surface area (Å²) in [7, 11) is 2.07. The fourth-order valence-corrected chi connectivity index (χ4v) is 4.49. The van der Waals surface area contributed by atoms with Gasteiger partial charge in [0.15, 0.2) is 0 Å². The largest absolute Gasteiger partial charge is 0.330 e. The van der Waals surface area contributed by atoms with Crippen LogP contribution in [-0.4, -0.2) is 48.8 Å². The summed E-state index contributed by atoms with van der Waals surface area (Å²) < 4.78 is 4.49. The number of hydrogen-bond donors (Lipinski definition) is 1. The van der Waals surface area contributed by atoms with E-state index in [1.807, 2.05) is 18.2 Å². The Balaban J connectivity index is 0.00000192. The van der Waals surface area contributed by atoms with Crippen LogP contribution in [0.4, 0.5) is 0 Å². The molecule has 4 heterocycles. The molecule has 7 nitrogen and oxygen atoms in total. The fraction of sp³-hybridized carbons (Fsp3) is 0.526. The average molecular weight is 422 g/mol. The SMILES string of the molecule is Cl.Cn1c(CN2CCC(c3nnc4n3CCNC4)CC2)nc2ccc(Cl)cc21. The summed E-state index contributed by atoms with van der Waals surface area (Å²) in [5.74, 6) is 3.87. The molecule has 0 spiro atoms. The van der Waals surface area contributed by atoms with E-state index in [9.17, 15) is 0 Å². The molecule has 3 aromatic rings. The van der Waals surface area contributed by atoms with Crippen LogP contribution in [-0.2, 0) is 26.7 Å². The van der Waals surface area contributed by atoms with Gasteiger partial charge in [0.05, 0.1) is 24.1 Å².